The van der Waals surface area contributed by atoms with Gasteiger partial charge in [0.05, 0.1) is 5.56 Å². The molecular weight excluding hydrogens is 302 g/mol. The van der Waals surface area contributed by atoms with Gasteiger partial charge < -0.3 is 10.1 Å². The van der Waals surface area contributed by atoms with E-state index in [2.05, 4.69) is 5.32 Å². The Balaban J connectivity index is 1.63. The Bertz CT molecular complexity index is 880. The van der Waals surface area contributed by atoms with Gasteiger partial charge in [0.25, 0.3) is 5.91 Å². The minimum Gasteiger partial charge on any atom is -0.452 e. The predicted octanol–water partition coefficient (Wildman–Crippen LogP) is 3.94. The van der Waals surface area contributed by atoms with E-state index in [4.69, 9.17) is 4.74 Å². The molecule has 1 N–H and O–H groups in total. The Labute approximate surface area is 140 Å². The van der Waals surface area contributed by atoms with Gasteiger partial charge in [-0.3, -0.25) is 4.79 Å². The topological polar surface area (TPSA) is 55.4 Å². The molecule has 4 nitrogen and oxygen atoms in total. The lowest BCUT2D eigenvalue weighted by atomic mass is 10.1. The number of rotatable bonds is 4. The lowest BCUT2D eigenvalue weighted by Crippen LogP contribution is -2.21. The van der Waals surface area contributed by atoms with Gasteiger partial charge >= 0.3 is 5.97 Å². The van der Waals surface area contributed by atoms with Gasteiger partial charge in [-0.25, -0.2) is 4.79 Å². The molecule has 0 aliphatic heterocycles. The van der Waals surface area contributed by atoms with Crippen LogP contribution in [0.15, 0.2) is 66.7 Å². The van der Waals surface area contributed by atoms with E-state index in [1.54, 1.807) is 12.1 Å². The van der Waals surface area contributed by atoms with Crippen molar-refractivity contribution in [1.82, 2.24) is 0 Å². The number of hydrogen-bond donors (Lipinski definition) is 1. The Morgan fingerprint density at radius 3 is 2.42 bits per heavy atom. The zero-order valence-corrected chi connectivity index (χ0v) is 13.3. The lowest BCUT2D eigenvalue weighted by Gasteiger charge is -2.09. The standard InChI is InChI=1S/C20H17NO3/c1-14-9-11-16(12-10-14)20(23)24-13-19(22)21-18-8-4-6-15-5-2-3-7-17(15)18/h2-12H,13H2,1H3,(H,21,22). The number of esters is 1. The zero-order chi connectivity index (χ0) is 16.9. The van der Waals surface area contributed by atoms with Crippen LogP contribution in [0.2, 0.25) is 0 Å². The molecule has 0 aliphatic carbocycles. The van der Waals surface area contributed by atoms with E-state index in [9.17, 15) is 9.59 Å². The van der Waals surface area contributed by atoms with Crippen LogP contribution in [0.1, 0.15) is 15.9 Å². The van der Waals surface area contributed by atoms with Gasteiger partial charge in [-0.05, 0) is 30.5 Å². The van der Waals surface area contributed by atoms with Gasteiger partial charge in [-0.15, -0.1) is 0 Å². The highest BCUT2D eigenvalue weighted by Gasteiger charge is 2.11. The monoisotopic (exact) mass is 319 g/mol. The normalized spacial score (nSPS) is 10.4. The van der Waals surface area contributed by atoms with Crippen LogP contribution in [0.25, 0.3) is 10.8 Å². The van der Waals surface area contributed by atoms with Crippen molar-refractivity contribution >= 4 is 28.3 Å². The Hall–Kier alpha value is -3.14. The third kappa shape index (κ3) is 3.60. The van der Waals surface area contributed by atoms with E-state index < -0.39 is 5.97 Å². The number of ether oxygens (including phenoxy) is 1. The molecule has 0 saturated carbocycles. The third-order valence-electron chi connectivity index (χ3n) is 3.69. The second-order valence-electron chi connectivity index (χ2n) is 5.52. The largest absolute Gasteiger partial charge is 0.452 e. The molecule has 0 aliphatic rings. The van der Waals surface area contributed by atoms with Gasteiger partial charge in [-0.1, -0.05) is 54.1 Å². The fourth-order valence-electron chi connectivity index (χ4n) is 2.42. The molecule has 3 aromatic carbocycles. The van der Waals surface area contributed by atoms with Crippen LogP contribution in [0.5, 0.6) is 0 Å². The van der Waals surface area contributed by atoms with Crippen molar-refractivity contribution in [2.24, 2.45) is 0 Å². The van der Waals surface area contributed by atoms with Crippen LogP contribution < -0.4 is 5.32 Å². The molecule has 3 aromatic rings. The summed E-state index contributed by atoms with van der Waals surface area (Å²) in [5.74, 6) is -0.880. The van der Waals surface area contributed by atoms with E-state index in [0.717, 1.165) is 16.3 Å². The number of carbonyl (C=O) groups excluding carboxylic acids is 2. The van der Waals surface area contributed by atoms with Crippen molar-refractivity contribution < 1.29 is 14.3 Å². The van der Waals surface area contributed by atoms with E-state index in [-0.39, 0.29) is 12.5 Å². The highest BCUT2D eigenvalue weighted by Crippen LogP contribution is 2.22. The predicted molar refractivity (Wildman–Crippen MR) is 94.0 cm³/mol. The summed E-state index contributed by atoms with van der Waals surface area (Å²) in [6, 6.07) is 20.4. The molecule has 0 unspecified atom stereocenters. The highest BCUT2D eigenvalue weighted by atomic mass is 16.5. The van der Waals surface area contributed by atoms with Crippen LogP contribution in [0.4, 0.5) is 5.69 Å². The first kappa shape index (κ1) is 15.7. The van der Waals surface area contributed by atoms with Crippen molar-refractivity contribution in [2.75, 3.05) is 11.9 Å². The summed E-state index contributed by atoms with van der Waals surface area (Å²) >= 11 is 0. The second kappa shape index (κ2) is 6.96. The molecule has 0 spiro atoms. The van der Waals surface area contributed by atoms with Gasteiger partial charge in [0, 0.05) is 11.1 Å². The average molecular weight is 319 g/mol. The highest BCUT2D eigenvalue weighted by molar-refractivity contribution is 6.03. The number of amides is 1. The van der Waals surface area contributed by atoms with E-state index in [1.807, 2.05) is 61.5 Å². The van der Waals surface area contributed by atoms with Crippen molar-refractivity contribution in [3.63, 3.8) is 0 Å². The Morgan fingerprint density at radius 1 is 0.917 bits per heavy atom. The molecule has 0 bridgehead atoms. The summed E-state index contributed by atoms with van der Waals surface area (Å²) in [5, 5.41) is 4.76. The summed E-state index contributed by atoms with van der Waals surface area (Å²) < 4.78 is 5.06. The van der Waals surface area contributed by atoms with Crippen molar-refractivity contribution in [2.45, 2.75) is 6.92 Å². The first-order chi connectivity index (χ1) is 11.6. The molecule has 0 saturated heterocycles. The average Bonchev–Trinajstić information content (AvgIpc) is 2.61. The maximum absolute atomic E-state index is 12.1. The summed E-state index contributed by atoms with van der Waals surface area (Å²) in [5.41, 5.74) is 2.18. The SMILES string of the molecule is Cc1ccc(C(=O)OCC(=O)Nc2cccc3ccccc23)cc1. The number of carbonyl (C=O) groups is 2. The van der Waals surface area contributed by atoms with Crippen LogP contribution in [-0.4, -0.2) is 18.5 Å². The van der Waals surface area contributed by atoms with Crippen LogP contribution >= 0.6 is 0 Å². The van der Waals surface area contributed by atoms with Crippen LogP contribution in [0.3, 0.4) is 0 Å². The first-order valence-electron chi connectivity index (χ1n) is 7.65. The molecule has 120 valence electrons. The maximum Gasteiger partial charge on any atom is 0.338 e. The summed E-state index contributed by atoms with van der Waals surface area (Å²) in [7, 11) is 0. The number of hydrogen-bond acceptors (Lipinski definition) is 3. The minimum atomic E-state index is -0.511. The molecule has 1 amide bonds. The Morgan fingerprint density at radius 2 is 1.62 bits per heavy atom. The second-order valence-corrected chi connectivity index (χ2v) is 5.52. The molecule has 24 heavy (non-hydrogen) atoms. The maximum atomic E-state index is 12.1. The van der Waals surface area contributed by atoms with Crippen molar-refractivity contribution in [1.29, 1.82) is 0 Å². The molecule has 3 rings (SSSR count). The molecule has 0 radical (unpaired) electrons. The minimum absolute atomic E-state index is 0.323. The molecule has 0 atom stereocenters. The third-order valence-corrected chi connectivity index (χ3v) is 3.69. The smallest absolute Gasteiger partial charge is 0.338 e. The fourth-order valence-corrected chi connectivity index (χ4v) is 2.42. The number of benzene rings is 3. The van der Waals surface area contributed by atoms with Gasteiger partial charge in [0.2, 0.25) is 0 Å². The van der Waals surface area contributed by atoms with Crippen molar-refractivity contribution in [3.8, 4) is 0 Å². The molecule has 0 aromatic heterocycles. The van der Waals surface area contributed by atoms with Crippen LogP contribution in [-0.2, 0) is 9.53 Å². The number of nitrogens with one attached hydrogen (secondary N) is 1. The van der Waals surface area contributed by atoms with Crippen molar-refractivity contribution in [3.05, 3.63) is 77.9 Å². The van der Waals surface area contributed by atoms with E-state index >= 15 is 0 Å². The fraction of sp³-hybridized carbons (Fsp3) is 0.100. The van der Waals surface area contributed by atoms with E-state index in [1.165, 1.54) is 0 Å². The number of anilines is 1. The molecular formula is C20H17NO3. The molecule has 0 heterocycles. The van der Waals surface area contributed by atoms with Gasteiger partial charge in [-0.2, -0.15) is 0 Å². The Kier molecular flexibility index (Phi) is 4.57. The molecule has 0 fully saturated rings. The van der Waals surface area contributed by atoms with Gasteiger partial charge in [0.1, 0.15) is 0 Å². The lowest BCUT2D eigenvalue weighted by molar-refractivity contribution is -0.119. The summed E-state index contributed by atoms with van der Waals surface area (Å²) in [6.07, 6.45) is 0. The zero-order valence-electron chi connectivity index (χ0n) is 13.3. The molecule has 4 heteroatoms. The van der Waals surface area contributed by atoms with Crippen LogP contribution in [0, 0.1) is 6.92 Å². The summed E-state index contributed by atoms with van der Waals surface area (Å²) in [4.78, 5) is 24.0. The quantitative estimate of drug-likeness (QED) is 0.741. The van der Waals surface area contributed by atoms with Gasteiger partial charge in [0.15, 0.2) is 6.61 Å². The van der Waals surface area contributed by atoms with E-state index in [0.29, 0.717) is 11.3 Å². The number of aryl methyl sites for hydroxylation is 1. The summed E-state index contributed by atoms with van der Waals surface area (Å²) in [6.45, 7) is 1.61. The number of fused-ring (bicyclic) bond motifs is 1. The first-order valence-corrected chi connectivity index (χ1v) is 7.65.